The first-order valence-electron chi connectivity index (χ1n) is 5.89. The van der Waals surface area contributed by atoms with Crippen LogP contribution in [0, 0.1) is 0 Å². The van der Waals surface area contributed by atoms with Crippen molar-refractivity contribution in [2.75, 3.05) is 6.54 Å². The monoisotopic (exact) mass is 224 g/mol. The molecule has 0 saturated carbocycles. The number of nitrogens with one attached hydrogen (secondary N) is 2. The molecule has 0 fully saturated rings. The van der Waals surface area contributed by atoms with Crippen LogP contribution in [0.3, 0.4) is 0 Å². The van der Waals surface area contributed by atoms with E-state index in [1.807, 2.05) is 19.1 Å². The van der Waals surface area contributed by atoms with Crippen molar-refractivity contribution in [3.05, 3.63) is 12.2 Å². The molecule has 0 spiro atoms. The standard InChI is InChI=1S/C12H20N2O2/c1-10-8-9-13-11(15)6-4-2-3-5-7-12(16)14-10/h2-3,10H,4-9H2,1H3,(H,13,15)(H,14,16)/b3-2+. The summed E-state index contributed by atoms with van der Waals surface area (Å²) in [5.74, 6) is 0.171. The van der Waals surface area contributed by atoms with E-state index in [1.165, 1.54) is 0 Å². The lowest BCUT2D eigenvalue weighted by molar-refractivity contribution is -0.121. The Balaban J connectivity index is 2.44. The van der Waals surface area contributed by atoms with Gasteiger partial charge in [0.15, 0.2) is 0 Å². The van der Waals surface area contributed by atoms with Crippen molar-refractivity contribution in [1.29, 1.82) is 0 Å². The molecule has 0 aromatic carbocycles. The van der Waals surface area contributed by atoms with E-state index >= 15 is 0 Å². The molecule has 1 heterocycles. The van der Waals surface area contributed by atoms with Gasteiger partial charge in [-0.2, -0.15) is 0 Å². The molecule has 1 aliphatic rings. The third kappa shape index (κ3) is 5.53. The third-order valence-corrected chi connectivity index (χ3v) is 2.55. The van der Waals surface area contributed by atoms with E-state index in [4.69, 9.17) is 0 Å². The van der Waals surface area contributed by atoms with Crippen LogP contribution in [0.4, 0.5) is 0 Å². The summed E-state index contributed by atoms with van der Waals surface area (Å²) in [6.45, 7) is 2.59. The SMILES string of the molecule is CC1CCNC(=O)CC/C=C/CCC(=O)N1. The lowest BCUT2D eigenvalue weighted by Crippen LogP contribution is -2.35. The van der Waals surface area contributed by atoms with Gasteiger partial charge in [0.25, 0.3) is 0 Å². The molecule has 1 unspecified atom stereocenters. The van der Waals surface area contributed by atoms with E-state index in [2.05, 4.69) is 10.6 Å². The normalized spacial score (nSPS) is 26.7. The maximum Gasteiger partial charge on any atom is 0.220 e. The molecule has 0 bridgehead atoms. The minimum absolute atomic E-state index is 0.0856. The molecule has 2 N–H and O–H groups in total. The number of rotatable bonds is 0. The molecule has 0 aliphatic carbocycles. The summed E-state index contributed by atoms with van der Waals surface area (Å²) in [5, 5.41) is 5.75. The smallest absolute Gasteiger partial charge is 0.220 e. The fourth-order valence-electron chi connectivity index (χ4n) is 1.60. The zero-order chi connectivity index (χ0) is 11.8. The van der Waals surface area contributed by atoms with E-state index in [-0.39, 0.29) is 17.9 Å². The maximum absolute atomic E-state index is 11.4. The molecule has 4 heteroatoms. The number of carbonyl (C=O) groups excluding carboxylic acids is 2. The zero-order valence-corrected chi connectivity index (χ0v) is 9.79. The Morgan fingerprint density at radius 3 is 2.44 bits per heavy atom. The average molecular weight is 224 g/mol. The molecule has 1 atom stereocenters. The highest BCUT2D eigenvalue weighted by molar-refractivity contribution is 5.77. The minimum atomic E-state index is 0.0856. The number of allylic oxidation sites excluding steroid dienone is 2. The van der Waals surface area contributed by atoms with Crippen LogP contribution in [0.15, 0.2) is 12.2 Å². The van der Waals surface area contributed by atoms with Gasteiger partial charge in [-0.15, -0.1) is 0 Å². The third-order valence-electron chi connectivity index (χ3n) is 2.55. The van der Waals surface area contributed by atoms with Gasteiger partial charge in [0, 0.05) is 25.4 Å². The van der Waals surface area contributed by atoms with Gasteiger partial charge in [0.05, 0.1) is 0 Å². The molecule has 0 aromatic heterocycles. The Kier molecular flexibility index (Phi) is 5.61. The van der Waals surface area contributed by atoms with Crippen LogP contribution in [0.5, 0.6) is 0 Å². The molecule has 0 saturated heterocycles. The molecule has 0 aromatic rings. The van der Waals surface area contributed by atoms with Gasteiger partial charge >= 0.3 is 0 Å². The van der Waals surface area contributed by atoms with Gasteiger partial charge in [-0.3, -0.25) is 9.59 Å². The van der Waals surface area contributed by atoms with E-state index < -0.39 is 0 Å². The lowest BCUT2D eigenvalue weighted by Gasteiger charge is -2.13. The number of hydrogen-bond acceptors (Lipinski definition) is 2. The predicted octanol–water partition coefficient (Wildman–Crippen LogP) is 1.13. The van der Waals surface area contributed by atoms with E-state index in [1.54, 1.807) is 0 Å². The van der Waals surface area contributed by atoms with Gasteiger partial charge < -0.3 is 10.6 Å². The quantitative estimate of drug-likeness (QED) is 0.606. The topological polar surface area (TPSA) is 58.2 Å². The molecule has 2 amide bonds. The molecule has 1 rings (SSSR count). The minimum Gasteiger partial charge on any atom is -0.356 e. The van der Waals surface area contributed by atoms with Crippen LogP contribution >= 0.6 is 0 Å². The van der Waals surface area contributed by atoms with Crippen LogP contribution in [0.25, 0.3) is 0 Å². The van der Waals surface area contributed by atoms with Crippen molar-refractivity contribution in [3.8, 4) is 0 Å². The summed E-state index contributed by atoms with van der Waals surface area (Å²) in [7, 11) is 0. The second-order valence-electron chi connectivity index (χ2n) is 4.16. The fourth-order valence-corrected chi connectivity index (χ4v) is 1.60. The molecule has 4 nitrogen and oxygen atoms in total. The highest BCUT2D eigenvalue weighted by atomic mass is 16.2. The van der Waals surface area contributed by atoms with Gasteiger partial charge in [0.1, 0.15) is 0 Å². The summed E-state index contributed by atoms with van der Waals surface area (Å²) < 4.78 is 0. The predicted molar refractivity (Wildman–Crippen MR) is 62.8 cm³/mol. The van der Waals surface area contributed by atoms with Gasteiger partial charge in [-0.05, 0) is 26.2 Å². The van der Waals surface area contributed by atoms with Crippen molar-refractivity contribution in [3.63, 3.8) is 0 Å². The van der Waals surface area contributed by atoms with Crippen LogP contribution in [-0.2, 0) is 9.59 Å². The Morgan fingerprint density at radius 2 is 1.75 bits per heavy atom. The van der Waals surface area contributed by atoms with E-state index in [0.717, 1.165) is 19.3 Å². The van der Waals surface area contributed by atoms with Crippen LogP contribution in [-0.4, -0.2) is 24.4 Å². The Hall–Kier alpha value is -1.32. The van der Waals surface area contributed by atoms with Crippen molar-refractivity contribution in [2.24, 2.45) is 0 Å². The second kappa shape index (κ2) is 7.04. The summed E-state index contributed by atoms with van der Waals surface area (Å²) in [6, 6.07) is 0.123. The van der Waals surface area contributed by atoms with E-state index in [9.17, 15) is 9.59 Å². The molecule has 90 valence electrons. The van der Waals surface area contributed by atoms with Crippen LogP contribution in [0.2, 0.25) is 0 Å². The molecular formula is C12H20N2O2. The van der Waals surface area contributed by atoms with Crippen molar-refractivity contribution < 1.29 is 9.59 Å². The lowest BCUT2D eigenvalue weighted by atomic mass is 10.2. The molecule has 1 aliphatic heterocycles. The summed E-state index contributed by atoms with van der Waals surface area (Å²) in [4.78, 5) is 22.8. The highest BCUT2D eigenvalue weighted by Crippen LogP contribution is 1.99. The van der Waals surface area contributed by atoms with Crippen LogP contribution < -0.4 is 10.6 Å². The summed E-state index contributed by atoms with van der Waals surface area (Å²) >= 11 is 0. The Morgan fingerprint density at radius 1 is 1.12 bits per heavy atom. The molecule has 16 heavy (non-hydrogen) atoms. The zero-order valence-electron chi connectivity index (χ0n) is 9.79. The van der Waals surface area contributed by atoms with Crippen LogP contribution in [0.1, 0.15) is 39.0 Å². The largest absolute Gasteiger partial charge is 0.356 e. The van der Waals surface area contributed by atoms with Gasteiger partial charge in [0.2, 0.25) is 11.8 Å². The fraction of sp³-hybridized carbons (Fsp3) is 0.667. The Labute approximate surface area is 96.5 Å². The molecule has 0 radical (unpaired) electrons. The summed E-state index contributed by atoms with van der Waals surface area (Å²) in [6.07, 6.45) is 7.28. The van der Waals surface area contributed by atoms with E-state index in [0.29, 0.717) is 19.4 Å². The van der Waals surface area contributed by atoms with Crippen molar-refractivity contribution >= 4 is 11.8 Å². The van der Waals surface area contributed by atoms with Crippen molar-refractivity contribution in [2.45, 2.75) is 45.1 Å². The average Bonchev–Trinajstić information content (AvgIpc) is 2.23. The first-order valence-corrected chi connectivity index (χ1v) is 5.89. The number of carbonyl (C=O) groups is 2. The number of hydrogen-bond donors (Lipinski definition) is 2. The van der Waals surface area contributed by atoms with Crippen molar-refractivity contribution in [1.82, 2.24) is 10.6 Å². The van der Waals surface area contributed by atoms with Gasteiger partial charge in [-0.1, -0.05) is 12.2 Å². The van der Waals surface area contributed by atoms with Gasteiger partial charge in [-0.25, -0.2) is 0 Å². The second-order valence-corrected chi connectivity index (χ2v) is 4.16. The maximum atomic E-state index is 11.4. The highest BCUT2D eigenvalue weighted by Gasteiger charge is 2.07. The Bertz CT molecular complexity index is 274. The molecular weight excluding hydrogens is 204 g/mol. The first-order chi connectivity index (χ1) is 7.68. The number of amides is 2. The summed E-state index contributed by atoms with van der Waals surface area (Å²) in [5.41, 5.74) is 0. The first kappa shape index (κ1) is 12.7.